The number of nitrogens with zero attached hydrogens (tertiary/aromatic N) is 2. The van der Waals surface area contributed by atoms with Gasteiger partial charge in [0.15, 0.2) is 0 Å². The average Bonchev–Trinajstić information content (AvgIpc) is 2.40. The van der Waals surface area contributed by atoms with Crippen LogP contribution in [0.2, 0.25) is 0 Å². The van der Waals surface area contributed by atoms with E-state index in [1.807, 2.05) is 0 Å². The van der Waals surface area contributed by atoms with Gasteiger partial charge in [0.2, 0.25) is 0 Å². The number of amidine groups is 1. The number of hydrogen-bond donors (Lipinski definition) is 1. The minimum absolute atomic E-state index is 0.359. The molecule has 0 aromatic heterocycles. The Morgan fingerprint density at radius 3 is 3.27 bits per heavy atom. The van der Waals surface area contributed by atoms with E-state index in [1.54, 1.807) is 5.55 Å². The van der Waals surface area contributed by atoms with Crippen LogP contribution in [-0.2, 0) is 4.79 Å². The monoisotopic (exact) mass is 169 g/mol. The summed E-state index contributed by atoms with van der Waals surface area (Å²) in [6, 6.07) is 0. The number of nitrogens with two attached hydrogens (primary N) is 1. The van der Waals surface area contributed by atoms with Gasteiger partial charge in [-0.2, -0.15) is 4.99 Å². The highest BCUT2D eigenvalue weighted by Gasteiger charge is 2.03. The lowest BCUT2D eigenvalue weighted by Gasteiger charge is -1.86. The fourth-order valence-corrected chi connectivity index (χ4v) is 1.11. The van der Waals surface area contributed by atoms with Crippen molar-refractivity contribution in [1.82, 2.24) is 0 Å². The van der Waals surface area contributed by atoms with Crippen LogP contribution in [-0.4, -0.2) is 23.0 Å². The van der Waals surface area contributed by atoms with Crippen molar-refractivity contribution in [1.29, 1.82) is 0 Å². The van der Waals surface area contributed by atoms with Gasteiger partial charge < -0.3 is 5.73 Å². The molecule has 0 aromatic carbocycles. The van der Waals surface area contributed by atoms with E-state index in [9.17, 15) is 4.79 Å². The summed E-state index contributed by atoms with van der Waals surface area (Å²) in [5.74, 6) is 0.865. The van der Waals surface area contributed by atoms with Crippen molar-refractivity contribution in [3.05, 3.63) is 12.3 Å². The zero-order chi connectivity index (χ0) is 8.10. The van der Waals surface area contributed by atoms with Gasteiger partial charge in [-0.1, -0.05) is 0 Å². The van der Waals surface area contributed by atoms with Crippen LogP contribution in [0.1, 0.15) is 0 Å². The lowest BCUT2D eigenvalue weighted by Crippen LogP contribution is -1.98. The molecule has 0 fully saturated rings. The van der Waals surface area contributed by atoms with E-state index in [1.165, 1.54) is 17.8 Å². The van der Waals surface area contributed by atoms with Crippen molar-refractivity contribution >= 4 is 29.1 Å². The van der Waals surface area contributed by atoms with Crippen LogP contribution >= 0.6 is 11.8 Å². The van der Waals surface area contributed by atoms with Crippen molar-refractivity contribution in [3.63, 3.8) is 0 Å². The van der Waals surface area contributed by atoms with Gasteiger partial charge in [-0.05, 0) is 6.20 Å². The van der Waals surface area contributed by atoms with Crippen LogP contribution < -0.4 is 5.73 Å². The molecule has 58 valence electrons. The van der Waals surface area contributed by atoms with Crippen LogP contribution in [0, 0.1) is 0 Å². The van der Waals surface area contributed by atoms with E-state index < -0.39 is 0 Å². The van der Waals surface area contributed by atoms with Crippen LogP contribution in [0.3, 0.4) is 0 Å². The Hall–Kier alpha value is -1.10. The highest BCUT2D eigenvalue weighted by Crippen LogP contribution is 2.05. The summed E-state index contributed by atoms with van der Waals surface area (Å²) in [5, 5.41) is 0. The first-order chi connectivity index (χ1) is 5.33. The SMILES string of the molecule is N/C=C/C(=O)N=C1CSC=N1. The molecule has 0 aromatic rings. The maximum absolute atomic E-state index is 10.8. The molecule has 4 nitrogen and oxygen atoms in total. The van der Waals surface area contributed by atoms with Crippen LogP contribution in [0.4, 0.5) is 0 Å². The lowest BCUT2D eigenvalue weighted by atomic mass is 10.5. The number of rotatable bonds is 1. The quantitative estimate of drug-likeness (QED) is 0.568. The van der Waals surface area contributed by atoms with E-state index in [-0.39, 0.29) is 5.91 Å². The van der Waals surface area contributed by atoms with Crippen LogP contribution in [0.25, 0.3) is 0 Å². The molecular weight excluding hydrogens is 162 g/mol. The predicted octanol–water partition coefficient (Wildman–Crippen LogP) is 0.159. The van der Waals surface area contributed by atoms with Crippen molar-refractivity contribution in [2.45, 2.75) is 0 Å². The highest BCUT2D eigenvalue weighted by atomic mass is 32.2. The molecule has 11 heavy (non-hydrogen) atoms. The van der Waals surface area contributed by atoms with Gasteiger partial charge in [0.1, 0.15) is 5.84 Å². The van der Waals surface area contributed by atoms with Gasteiger partial charge in [-0.15, -0.1) is 11.8 Å². The fourth-order valence-electron chi connectivity index (χ4n) is 0.555. The average molecular weight is 169 g/mol. The molecule has 5 heteroatoms. The fraction of sp³-hybridized carbons (Fsp3) is 0.167. The van der Waals surface area contributed by atoms with Gasteiger partial charge >= 0.3 is 0 Å². The Morgan fingerprint density at radius 1 is 1.91 bits per heavy atom. The van der Waals surface area contributed by atoms with Crippen molar-refractivity contribution in [2.75, 3.05) is 5.75 Å². The first-order valence-electron chi connectivity index (χ1n) is 2.97. The molecule has 2 N–H and O–H groups in total. The number of thioether (sulfide) groups is 1. The summed E-state index contributed by atoms with van der Waals surface area (Å²) in [6.45, 7) is 0. The topological polar surface area (TPSA) is 67.8 Å². The molecule has 0 aliphatic carbocycles. The Kier molecular flexibility index (Phi) is 2.85. The number of amides is 1. The third-order valence-electron chi connectivity index (χ3n) is 0.967. The third kappa shape index (κ3) is 2.55. The van der Waals surface area contributed by atoms with Crippen LogP contribution in [0.15, 0.2) is 22.3 Å². The molecule has 1 aliphatic heterocycles. The van der Waals surface area contributed by atoms with E-state index in [4.69, 9.17) is 5.73 Å². The first-order valence-corrected chi connectivity index (χ1v) is 4.02. The Morgan fingerprint density at radius 2 is 2.73 bits per heavy atom. The number of aliphatic imine (C=N–C) groups is 2. The van der Waals surface area contributed by atoms with Crippen molar-refractivity contribution in [2.24, 2.45) is 15.7 Å². The van der Waals surface area contributed by atoms with Crippen LogP contribution in [0.5, 0.6) is 0 Å². The molecule has 1 amide bonds. The summed E-state index contributed by atoms with van der Waals surface area (Å²) >= 11 is 1.51. The third-order valence-corrected chi connectivity index (χ3v) is 1.65. The highest BCUT2D eigenvalue weighted by molar-refractivity contribution is 8.13. The van der Waals surface area contributed by atoms with E-state index in [2.05, 4.69) is 9.98 Å². The predicted molar refractivity (Wildman–Crippen MR) is 46.7 cm³/mol. The van der Waals surface area contributed by atoms with Gasteiger partial charge in [0, 0.05) is 6.08 Å². The molecule has 0 saturated heterocycles. The van der Waals surface area contributed by atoms with Gasteiger partial charge in [0.05, 0.1) is 11.3 Å². The second kappa shape index (κ2) is 3.92. The molecular formula is C6H7N3OS. The van der Waals surface area contributed by atoms with Gasteiger partial charge in [0.25, 0.3) is 5.91 Å². The molecule has 0 unspecified atom stereocenters. The maximum atomic E-state index is 10.8. The summed E-state index contributed by atoms with van der Waals surface area (Å²) in [4.78, 5) is 18.3. The molecule has 0 saturated carbocycles. The normalized spacial score (nSPS) is 20.2. The number of carbonyl (C=O) groups is 1. The largest absolute Gasteiger partial charge is 0.404 e. The van der Waals surface area contributed by atoms with Crippen molar-refractivity contribution < 1.29 is 4.79 Å². The second-order valence-electron chi connectivity index (χ2n) is 1.77. The molecule has 1 rings (SSSR count). The summed E-state index contributed by atoms with van der Waals surface area (Å²) in [7, 11) is 0. The zero-order valence-corrected chi connectivity index (χ0v) is 6.54. The minimum Gasteiger partial charge on any atom is -0.404 e. The number of carbonyl (C=O) groups excluding carboxylic acids is 1. The molecule has 0 spiro atoms. The molecule has 0 atom stereocenters. The summed E-state index contributed by atoms with van der Waals surface area (Å²) in [5.41, 5.74) is 6.65. The molecule has 0 radical (unpaired) electrons. The maximum Gasteiger partial charge on any atom is 0.272 e. The minimum atomic E-state index is -0.359. The summed E-state index contributed by atoms with van der Waals surface area (Å²) in [6.07, 6.45) is 2.36. The second-order valence-corrected chi connectivity index (χ2v) is 2.60. The summed E-state index contributed by atoms with van der Waals surface area (Å²) < 4.78 is 0. The Balaban J connectivity index is 2.57. The first kappa shape index (κ1) is 8.00. The van der Waals surface area contributed by atoms with Gasteiger partial charge in [-0.3, -0.25) is 4.79 Å². The smallest absolute Gasteiger partial charge is 0.272 e. The van der Waals surface area contributed by atoms with Gasteiger partial charge in [-0.25, -0.2) is 4.99 Å². The van der Waals surface area contributed by atoms with Crippen molar-refractivity contribution in [3.8, 4) is 0 Å². The Labute approximate surface area is 68.3 Å². The standard InChI is InChI=1S/C6H7N3OS/c7-2-1-6(10)9-5-3-11-4-8-5/h1-2,4H,3,7H2/b2-1+,9-5?. The Bertz CT molecular complexity index is 244. The van der Waals surface area contributed by atoms with E-state index in [0.29, 0.717) is 11.6 Å². The van der Waals surface area contributed by atoms with E-state index in [0.717, 1.165) is 6.20 Å². The van der Waals surface area contributed by atoms with E-state index >= 15 is 0 Å². The molecule has 1 heterocycles. The zero-order valence-electron chi connectivity index (χ0n) is 5.73. The lowest BCUT2D eigenvalue weighted by molar-refractivity contribution is -0.113. The molecule has 1 aliphatic rings. The molecule has 0 bridgehead atoms. The number of hydrogen-bond acceptors (Lipinski definition) is 3.